The van der Waals surface area contributed by atoms with Gasteiger partial charge in [-0.25, -0.2) is 8.78 Å². The molecule has 110 valence electrons. The van der Waals surface area contributed by atoms with Crippen LogP contribution in [-0.2, 0) is 11.2 Å². The van der Waals surface area contributed by atoms with Gasteiger partial charge in [-0.3, -0.25) is 4.79 Å². The van der Waals surface area contributed by atoms with Crippen LogP contribution >= 0.6 is 0 Å². The van der Waals surface area contributed by atoms with Crippen molar-refractivity contribution in [3.63, 3.8) is 0 Å². The third-order valence-electron chi connectivity index (χ3n) is 3.84. The van der Waals surface area contributed by atoms with Crippen LogP contribution in [0.15, 0.2) is 18.2 Å². The summed E-state index contributed by atoms with van der Waals surface area (Å²) >= 11 is 0. The summed E-state index contributed by atoms with van der Waals surface area (Å²) in [4.78, 5) is 13.8. The van der Waals surface area contributed by atoms with Gasteiger partial charge in [0.05, 0.1) is 0 Å². The fraction of sp³-hybridized carbons (Fsp3) is 0.533. The highest BCUT2D eigenvalue weighted by atomic mass is 19.2. The fourth-order valence-corrected chi connectivity index (χ4v) is 2.47. The average molecular weight is 283 g/mol. The van der Waals surface area contributed by atoms with Crippen LogP contribution in [0.5, 0.6) is 0 Å². The first-order valence-corrected chi connectivity index (χ1v) is 6.92. The standard InChI is InChI=1S/C15H19F2NO2/c16-13-3-1-11(9-14(13)17)2-4-15(20)18-7-5-12(10-19)6-8-18/h1,3,9,12,19H,2,4-8,10H2. The second-order valence-electron chi connectivity index (χ2n) is 5.26. The van der Waals surface area contributed by atoms with Gasteiger partial charge in [-0.15, -0.1) is 0 Å². The van der Waals surface area contributed by atoms with Crippen molar-refractivity contribution in [1.82, 2.24) is 4.90 Å². The first-order valence-electron chi connectivity index (χ1n) is 6.92. The molecule has 1 N–H and O–H groups in total. The molecule has 5 heteroatoms. The molecule has 1 aliphatic rings. The number of benzene rings is 1. The van der Waals surface area contributed by atoms with E-state index in [-0.39, 0.29) is 12.5 Å². The van der Waals surface area contributed by atoms with E-state index in [9.17, 15) is 13.6 Å². The zero-order chi connectivity index (χ0) is 14.5. The lowest BCUT2D eigenvalue weighted by molar-refractivity contribution is -0.132. The summed E-state index contributed by atoms with van der Waals surface area (Å²) in [5.74, 6) is -1.42. The van der Waals surface area contributed by atoms with Crippen molar-refractivity contribution in [2.75, 3.05) is 19.7 Å². The number of halogens is 2. The van der Waals surface area contributed by atoms with Gasteiger partial charge >= 0.3 is 0 Å². The maximum Gasteiger partial charge on any atom is 0.222 e. The lowest BCUT2D eigenvalue weighted by Gasteiger charge is -2.31. The van der Waals surface area contributed by atoms with Crippen LogP contribution < -0.4 is 0 Å². The molecule has 1 aliphatic heterocycles. The van der Waals surface area contributed by atoms with E-state index in [4.69, 9.17) is 5.11 Å². The molecular weight excluding hydrogens is 264 g/mol. The van der Waals surface area contributed by atoms with Gasteiger partial charge in [0.15, 0.2) is 11.6 Å². The third kappa shape index (κ3) is 3.76. The molecule has 0 aliphatic carbocycles. The predicted octanol–water partition coefficient (Wildman–Crippen LogP) is 2.13. The number of hydrogen-bond acceptors (Lipinski definition) is 2. The number of hydrogen-bond donors (Lipinski definition) is 1. The summed E-state index contributed by atoms with van der Waals surface area (Å²) in [6, 6.07) is 3.73. The van der Waals surface area contributed by atoms with E-state index in [1.807, 2.05) is 0 Å². The topological polar surface area (TPSA) is 40.5 Å². The van der Waals surface area contributed by atoms with Crippen molar-refractivity contribution in [2.24, 2.45) is 5.92 Å². The predicted molar refractivity (Wildman–Crippen MR) is 71.1 cm³/mol. The molecule has 1 amide bonds. The molecule has 0 unspecified atom stereocenters. The Morgan fingerprint density at radius 2 is 1.95 bits per heavy atom. The summed E-state index contributed by atoms with van der Waals surface area (Å²) in [6.07, 6.45) is 2.37. The minimum absolute atomic E-state index is 0.0334. The highest BCUT2D eigenvalue weighted by Crippen LogP contribution is 2.18. The van der Waals surface area contributed by atoms with Crippen molar-refractivity contribution in [2.45, 2.75) is 25.7 Å². The number of aliphatic hydroxyl groups is 1. The molecule has 0 aromatic heterocycles. The van der Waals surface area contributed by atoms with Gasteiger partial charge in [0.1, 0.15) is 0 Å². The number of nitrogens with zero attached hydrogens (tertiary/aromatic N) is 1. The molecule has 1 aromatic rings. The zero-order valence-corrected chi connectivity index (χ0v) is 11.3. The Hall–Kier alpha value is -1.49. The third-order valence-corrected chi connectivity index (χ3v) is 3.84. The SMILES string of the molecule is O=C(CCc1ccc(F)c(F)c1)N1CCC(CO)CC1. The van der Waals surface area contributed by atoms with E-state index < -0.39 is 11.6 Å². The lowest BCUT2D eigenvalue weighted by atomic mass is 9.97. The van der Waals surface area contributed by atoms with Crippen molar-refractivity contribution >= 4 is 5.91 Å². The Labute approximate surface area is 117 Å². The molecule has 0 radical (unpaired) electrons. The summed E-state index contributed by atoms with van der Waals surface area (Å²) < 4.78 is 25.8. The van der Waals surface area contributed by atoms with Crippen LogP contribution in [0.4, 0.5) is 8.78 Å². The highest BCUT2D eigenvalue weighted by molar-refractivity contribution is 5.76. The molecule has 2 rings (SSSR count). The zero-order valence-electron chi connectivity index (χ0n) is 11.3. The van der Waals surface area contributed by atoms with E-state index in [0.29, 0.717) is 37.4 Å². The second kappa shape index (κ2) is 6.79. The maximum absolute atomic E-state index is 13.0. The van der Waals surface area contributed by atoms with E-state index in [0.717, 1.165) is 25.0 Å². The van der Waals surface area contributed by atoms with E-state index in [1.165, 1.54) is 6.07 Å². The van der Waals surface area contributed by atoms with Gasteiger partial charge < -0.3 is 10.0 Å². The minimum Gasteiger partial charge on any atom is -0.396 e. The number of amides is 1. The normalized spacial score (nSPS) is 16.4. The van der Waals surface area contributed by atoms with Crippen molar-refractivity contribution in [1.29, 1.82) is 0 Å². The van der Waals surface area contributed by atoms with E-state index in [1.54, 1.807) is 4.90 Å². The molecule has 0 spiro atoms. The van der Waals surface area contributed by atoms with Gasteiger partial charge in [0, 0.05) is 26.1 Å². The molecule has 0 bridgehead atoms. The van der Waals surface area contributed by atoms with Crippen LogP contribution in [0.1, 0.15) is 24.8 Å². The summed E-state index contributed by atoms with van der Waals surface area (Å²) in [5, 5.41) is 9.05. The maximum atomic E-state index is 13.0. The van der Waals surface area contributed by atoms with Gasteiger partial charge in [0.25, 0.3) is 0 Å². The summed E-state index contributed by atoms with van der Waals surface area (Å²) in [7, 11) is 0. The largest absolute Gasteiger partial charge is 0.396 e. The van der Waals surface area contributed by atoms with E-state index in [2.05, 4.69) is 0 Å². The van der Waals surface area contributed by atoms with Crippen LogP contribution in [0, 0.1) is 17.6 Å². The van der Waals surface area contributed by atoms with Gasteiger partial charge in [0.2, 0.25) is 5.91 Å². The first-order chi connectivity index (χ1) is 9.60. The van der Waals surface area contributed by atoms with Crippen molar-refractivity contribution in [3.8, 4) is 0 Å². The number of likely N-dealkylation sites (tertiary alicyclic amines) is 1. The molecular formula is C15H19F2NO2. The lowest BCUT2D eigenvalue weighted by Crippen LogP contribution is -2.39. The first kappa shape index (κ1) is 14.9. The molecule has 3 nitrogen and oxygen atoms in total. The van der Waals surface area contributed by atoms with E-state index >= 15 is 0 Å². The monoisotopic (exact) mass is 283 g/mol. The Morgan fingerprint density at radius 1 is 1.25 bits per heavy atom. The van der Waals surface area contributed by atoms with Crippen LogP contribution in [0.3, 0.4) is 0 Å². The smallest absolute Gasteiger partial charge is 0.222 e. The number of carbonyl (C=O) groups is 1. The highest BCUT2D eigenvalue weighted by Gasteiger charge is 2.21. The van der Waals surface area contributed by atoms with Gasteiger partial charge in [-0.05, 0) is 42.9 Å². The second-order valence-corrected chi connectivity index (χ2v) is 5.26. The van der Waals surface area contributed by atoms with Crippen LogP contribution in [0.2, 0.25) is 0 Å². The fourth-order valence-electron chi connectivity index (χ4n) is 2.47. The number of aryl methyl sites for hydroxylation is 1. The number of rotatable bonds is 4. The number of carbonyl (C=O) groups excluding carboxylic acids is 1. The molecule has 1 fully saturated rings. The molecule has 20 heavy (non-hydrogen) atoms. The Morgan fingerprint density at radius 3 is 2.55 bits per heavy atom. The van der Waals surface area contributed by atoms with Gasteiger partial charge in [-0.1, -0.05) is 6.07 Å². The van der Waals surface area contributed by atoms with Crippen molar-refractivity contribution < 1.29 is 18.7 Å². The van der Waals surface area contributed by atoms with Gasteiger partial charge in [-0.2, -0.15) is 0 Å². The molecule has 0 atom stereocenters. The average Bonchev–Trinajstić information content (AvgIpc) is 2.48. The molecule has 1 aromatic carbocycles. The Bertz CT molecular complexity index is 471. The Balaban J connectivity index is 1.81. The Kier molecular flexibility index (Phi) is 5.06. The molecule has 0 saturated carbocycles. The number of aliphatic hydroxyl groups excluding tert-OH is 1. The minimum atomic E-state index is -0.876. The molecule has 1 saturated heterocycles. The summed E-state index contributed by atoms with van der Waals surface area (Å²) in [6.45, 7) is 1.51. The van der Waals surface area contributed by atoms with Crippen molar-refractivity contribution in [3.05, 3.63) is 35.4 Å². The molecule has 1 heterocycles. The van der Waals surface area contributed by atoms with Crippen LogP contribution in [-0.4, -0.2) is 35.6 Å². The number of piperidine rings is 1. The summed E-state index contributed by atoms with van der Waals surface area (Å²) in [5.41, 5.74) is 0.627. The quantitative estimate of drug-likeness (QED) is 0.919. The van der Waals surface area contributed by atoms with Crippen LogP contribution in [0.25, 0.3) is 0 Å².